The summed E-state index contributed by atoms with van der Waals surface area (Å²) in [4.78, 5) is 30.2. The van der Waals surface area contributed by atoms with E-state index in [9.17, 15) is 9.59 Å². The van der Waals surface area contributed by atoms with Crippen molar-refractivity contribution < 1.29 is 42.3 Å². The molecular formula is C32H35N4O2Y-. The van der Waals surface area contributed by atoms with Crippen LogP contribution in [-0.2, 0) is 50.3 Å². The number of rotatable bonds is 6. The molecule has 2 aliphatic heterocycles. The van der Waals surface area contributed by atoms with E-state index in [0.29, 0.717) is 43.8 Å². The molecule has 2 N–H and O–H groups in total. The molecule has 0 saturated carbocycles. The van der Waals surface area contributed by atoms with Gasteiger partial charge in [0.2, 0.25) is 5.91 Å². The number of likely N-dealkylation sites (tertiary alicyclic amines) is 1. The molecule has 1 atom stereocenters. The van der Waals surface area contributed by atoms with Crippen LogP contribution in [0.2, 0.25) is 0 Å². The predicted molar refractivity (Wildman–Crippen MR) is 150 cm³/mol. The molecule has 0 spiro atoms. The van der Waals surface area contributed by atoms with Gasteiger partial charge in [-0.25, -0.2) is 6.54 Å². The van der Waals surface area contributed by atoms with E-state index in [0.717, 1.165) is 43.4 Å². The Morgan fingerprint density at radius 3 is 2.51 bits per heavy atom. The van der Waals surface area contributed by atoms with E-state index in [1.54, 1.807) is 4.90 Å². The van der Waals surface area contributed by atoms with Gasteiger partial charge in [-0.3, -0.25) is 4.79 Å². The summed E-state index contributed by atoms with van der Waals surface area (Å²) in [6, 6.07) is 25.8. The minimum absolute atomic E-state index is 0. The average molecular weight is 597 g/mol. The molecule has 2 heterocycles. The largest absolute Gasteiger partial charge is 0.463 e. The van der Waals surface area contributed by atoms with Crippen LogP contribution in [-0.4, -0.2) is 53.8 Å². The summed E-state index contributed by atoms with van der Waals surface area (Å²) in [5.74, 6) is -0.198. The summed E-state index contributed by atoms with van der Waals surface area (Å²) < 4.78 is 0. The van der Waals surface area contributed by atoms with Gasteiger partial charge in [0.15, 0.2) is 0 Å². The van der Waals surface area contributed by atoms with E-state index in [1.165, 1.54) is 23.2 Å². The molecule has 3 aromatic carbocycles. The van der Waals surface area contributed by atoms with E-state index in [4.69, 9.17) is 0 Å². The number of hydrogen-bond donors (Lipinski definition) is 2. The maximum Gasteiger partial charge on any atom is 0.230 e. The summed E-state index contributed by atoms with van der Waals surface area (Å²) in [6.07, 6.45) is 4.90. The third kappa shape index (κ3) is 6.40. The summed E-state index contributed by atoms with van der Waals surface area (Å²) >= 11 is 0. The first kappa shape index (κ1) is 27.9. The molecule has 3 aliphatic rings. The number of anilines is 1. The molecule has 2 amide bonds. The molecule has 7 heteroatoms. The quantitative estimate of drug-likeness (QED) is 0.410. The molecule has 6 rings (SSSR count). The second-order valence-electron chi connectivity index (χ2n) is 10.7. The smallest absolute Gasteiger partial charge is 0.230 e. The van der Waals surface area contributed by atoms with E-state index in [2.05, 4.69) is 53.1 Å². The van der Waals surface area contributed by atoms with Gasteiger partial charge in [-0.05, 0) is 66.5 Å². The summed E-state index contributed by atoms with van der Waals surface area (Å²) in [5.41, 5.74) is 6.63. The minimum Gasteiger partial charge on any atom is -0.463 e. The Labute approximate surface area is 256 Å². The second kappa shape index (κ2) is 12.7. The number of amides is 2. The standard InChI is InChI=1S/C32H35N4O2.Y/c37-31(35-17-14-26(15-18-35)34-30-13-11-25-8-4-5-9-27(25)30)22-36-19-16-33-29-12-10-24(21-28(29)32(36)38)20-23-6-2-1-3-7-23;/h1-10,12,21-22,26,30,33-34H,11,13-20H2;/q-1;/t30-;/m1./s1. The fourth-order valence-corrected chi connectivity index (χ4v) is 6.05. The zero-order chi connectivity index (χ0) is 25.9. The van der Waals surface area contributed by atoms with Crippen molar-refractivity contribution in [3.63, 3.8) is 0 Å². The number of benzene rings is 3. The molecule has 0 bridgehead atoms. The molecule has 1 aliphatic carbocycles. The Bertz CT molecular complexity index is 1310. The summed E-state index contributed by atoms with van der Waals surface area (Å²) in [7, 11) is 0. The number of nitrogens with zero attached hydrogens (tertiary/aromatic N) is 2. The molecule has 1 fully saturated rings. The van der Waals surface area contributed by atoms with Crippen molar-refractivity contribution in [3.05, 3.63) is 107 Å². The van der Waals surface area contributed by atoms with Crippen molar-refractivity contribution in [2.45, 2.75) is 44.2 Å². The number of carbonyl (C=O) groups is 2. The monoisotopic (exact) mass is 596 g/mol. The Balaban J connectivity index is 0.00000308. The first-order valence-electron chi connectivity index (χ1n) is 13.8. The van der Waals surface area contributed by atoms with Gasteiger partial charge in [0.25, 0.3) is 0 Å². The SMILES string of the molecule is O=C1c2cc(Cc3ccccc3)ccc2NCCN1[CH-]C(=O)N1CCC(N[C@@H]2CCc3ccccc32)CC1.[Y]. The Morgan fingerprint density at radius 2 is 1.69 bits per heavy atom. The van der Waals surface area contributed by atoms with E-state index in [1.807, 2.05) is 35.2 Å². The van der Waals surface area contributed by atoms with Crippen molar-refractivity contribution in [2.24, 2.45) is 0 Å². The van der Waals surface area contributed by atoms with E-state index < -0.39 is 0 Å². The maximum atomic E-state index is 13.5. The zero-order valence-corrected chi connectivity index (χ0v) is 25.2. The number of hydrogen-bond acceptors (Lipinski definition) is 4. The minimum atomic E-state index is -0.121. The molecular weight excluding hydrogens is 561 g/mol. The van der Waals surface area contributed by atoms with Gasteiger partial charge < -0.3 is 25.2 Å². The van der Waals surface area contributed by atoms with Crippen LogP contribution in [0.3, 0.4) is 0 Å². The third-order valence-electron chi connectivity index (χ3n) is 8.14. The van der Waals surface area contributed by atoms with Crippen molar-refractivity contribution in [1.82, 2.24) is 15.1 Å². The van der Waals surface area contributed by atoms with Gasteiger partial charge in [0.05, 0.1) is 5.56 Å². The van der Waals surface area contributed by atoms with Gasteiger partial charge in [-0.15, -0.1) is 0 Å². The van der Waals surface area contributed by atoms with Crippen molar-refractivity contribution >= 4 is 17.5 Å². The van der Waals surface area contributed by atoms with Crippen LogP contribution in [0.5, 0.6) is 0 Å². The van der Waals surface area contributed by atoms with E-state index in [-0.39, 0.29) is 44.5 Å². The zero-order valence-electron chi connectivity index (χ0n) is 22.3. The van der Waals surface area contributed by atoms with Crippen molar-refractivity contribution in [1.29, 1.82) is 0 Å². The normalized spacial score (nSPS) is 18.9. The fraction of sp³-hybridized carbons (Fsp3) is 0.344. The number of carbonyl (C=O) groups excluding carboxylic acids is 2. The molecule has 39 heavy (non-hydrogen) atoms. The molecule has 3 aromatic rings. The summed E-state index contributed by atoms with van der Waals surface area (Å²) in [6.45, 7) is 4.00. The van der Waals surface area contributed by atoms with Gasteiger partial charge in [0.1, 0.15) is 5.91 Å². The molecule has 6 nitrogen and oxygen atoms in total. The summed E-state index contributed by atoms with van der Waals surface area (Å²) in [5, 5.41) is 7.20. The second-order valence-corrected chi connectivity index (χ2v) is 10.7. The van der Waals surface area contributed by atoms with Crippen LogP contribution in [0.4, 0.5) is 5.69 Å². The number of aryl methyl sites for hydroxylation is 1. The maximum absolute atomic E-state index is 13.5. The molecule has 0 aromatic heterocycles. The predicted octanol–water partition coefficient (Wildman–Crippen LogP) is 4.57. The average Bonchev–Trinajstić information content (AvgIpc) is 3.29. The van der Waals surface area contributed by atoms with Crippen LogP contribution < -0.4 is 10.6 Å². The van der Waals surface area contributed by atoms with Gasteiger partial charge >= 0.3 is 0 Å². The Kier molecular flexibility index (Phi) is 9.06. The van der Waals surface area contributed by atoms with E-state index >= 15 is 0 Å². The Hall–Kier alpha value is -2.67. The van der Waals surface area contributed by atoms with Gasteiger partial charge in [0, 0.05) is 76.7 Å². The first-order chi connectivity index (χ1) is 18.6. The van der Waals surface area contributed by atoms with Gasteiger partial charge in [-0.1, -0.05) is 60.7 Å². The van der Waals surface area contributed by atoms with Crippen LogP contribution in [0.1, 0.15) is 57.9 Å². The van der Waals surface area contributed by atoms with Gasteiger partial charge in [-0.2, -0.15) is 0 Å². The van der Waals surface area contributed by atoms with Crippen LogP contribution in [0.15, 0.2) is 72.8 Å². The van der Waals surface area contributed by atoms with Crippen molar-refractivity contribution in [3.8, 4) is 0 Å². The van der Waals surface area contributed by atoms with Crippen molar-refractivity contribution in [2.75, 3.05) is 31.5 Å². The fourth-order valence-electron chi connectivity index (χ4n) is 6.05. The van der Waals surface area contributed by atoms with Crippen LogP contribution in [0.25, 0.3) is 0 Å². The van der Waals surface area contributed by atoms with Crippen LogP contribution >= 0.6 is 0 Å². The number of fused-ring (bicyclic) bond motifs is 2. The third-order valence-corrected chi connectivity index (χ3v) is 8.14. The number of nitrogens with one attached hydrogen (secondary N) is 2. The van der Waals surface area contributed by atoms with Crippen LogP contribution in [0, 0.1) is 6.54 Å². The first-order valence-corrected chi connectivity index (χ1v) is 13.8. The topological polar surface area (TPSA) is 64.7 Å². The number of piperidine rings is 1. The molecule has 1 saturated heterocycles. The Morgan fingerprint density at radius 1 is 0.923 bits per heavy atom. The molecule has 199 valence electrons. The molecule has 1 radical (unpaired) electrons. The molecule has 0 unspecified atom stereocenters.